The number of nitrogens with one attached hydrogen (secondary N) is 1. The topological polar surface area (TPSA) is 55.1 Å². The molecule has 3 N–H and O–H groups in total. The van der Waals surface area contributed by atoms with Crippen molar-refractivity contribution < 1.29 is 4.79 Å². The van der Waals surface area contributed by atoms with E-state index < -0.39 is 0 Å². The summed E-state index contributed by atoms with van der Waals surface area (Å²) in [6.07, 6.45) is 1.25. The molecule has 1 atom stereocenters. The van der Waals surface area contributed by atoms with E-state index in [0.29, 0.717) is 18.9 Å². The highest BCUT2D eigenvalue weighted by Gasteiger charge is 2.19. The van der Waals surface area contributed by atoms with E-state index >= 15 is 0 Å². The minimum Gasteiger partial charge on any atom is -0.349 e. The van der Waals surface area contributed by atoms with Crippen molar-refractivity contribution in [3.05, 3.63) is 35.4 Å². The summed E-state index contributed by atoms with van der Waals surface area (Å²) in [5, 5.41) is 3.11. The van der Waals surface area contributed by atoms with E-state index in [1.807, 2.05) is 12.1 Å². The van der Waals surface area contributed by atoms with Crippen LogP contribution in [-0.2, 0) is 4.79 Å². The fourth-order valence-corrected chi connectivity index (χ4v) is 2.05. The maximum atomic E-state index is 11.8. The SMILES string of the molecule is Cc1ccccc1C(NC(=O)CCCN)C(C)C.Cl. The number of nitrogens with two attached hydrogens (primary N) is 1. The van der Waals surface area contributed by atoms with E-state index in [4.69, 9.17) is 5.73 Å². The molecule has 0 saturated carbocycles. The molecule has 1 aromatic carbocycles. The molecule has 1 aromatic rings. The normalized spacial score (nSPS) is 11.8. The van der Waals surface area contributed by atoms with Gasteiger partial charge in [-0.05, 0) is 36.9 Å². The summed E-state index contributed by atoms with van der Waals surface area (Å²) in [4.78, 5) is 11.8. The summed E-state index contributed by atoms with van der Waals surface area (Å²) in [5.41, 5.74) is 7.84. The van der Waals surface area contributed by atoms with E-state index in [2.05, 4.69) is 38.2 Å². The van der Waals surface area contributed by atoms with E-state index in [1.165, 1.54) is 11.1 Å². The molecule has 1 amide bonds. The third kappa shape index (κ3) is 5.62. The van der Waals surface area contributed by atoms with E-state index in [1.54, 1.807) is 0 Å². The van der Waals surface area contributed by atoms with Crippen molar-refractivity contribution >= 4 is 18.3 Å². The van der Waals surface area contributed by atoms with Crippen LogP contribution in [0.25, 0.3) is 0 Å². The Morgan fingerprint density at radius 3 is 2.47 bits per heavy atom. The van der Waals surface area contributed by atoms with Crippen LogP contribution in [0.1, 0.15) is 43.9 Å². The summed E-state index contributed by atoms with van der Waals surface area (Å²) in [6.45, 7) is 6.89. The molecule has 0 radical (unpaired) electrons. The van der Waals surface area contributed by atoms with Crippen LogP contribution in [0.2, 0.25) is 0 Å². The van der Waals surface area contributed by atoms with Crippen LogP contribution >= 0.6 is 12.4 Å². The largest absolute Gasteiger partial charge is 0.349 e. The molecule has 0 spiro atoms. The number of hydrogen-bond acceptors (Lipinski definition) is 2. The molecular formula is C15H25ClN2O. The van der Waals surface area contributed by atoms with Crippen LogP contribution < -0.4 is 11.1 Å². The Morgan fingerprint density at radius 2 is 1.95 bits per heavy atom. The van der Waals surface area contributed by atoms with Gasteiger partial charge in [-0.3, -0.25) is 4.79 Å². The zero-order valence-corrected chi connectivity index (χ0v) is 12.8. The number of carbonyl (C=O) groups excluding carboxylic acids is 1. The minimum atomic E-state index is 0. The van der Waals surface area contributed by atoms with Gasteiger partial charge in [-0.1, -0.05) is 38.1 Å². The standard InChI is InChI=1S/C15H24N2O.ClH/c1-11(2)15(17-14(18)9-6-10-16)13-8-5-4-7-12(13)3;/h4-5,7-8,11,15H,6,9-10,16H2,1-3H3,(H,17,18);1H. The number of halogens is 1. The fraction of sp³-hybridized carbons (Fsp3) is 0.533. The third-order valence-corrected chi connectivity index (χ3v) is 3.11. The summed E-state index contributed by atoms with van der Waals surface area (Å²) in [6, 6.07) is 8.28. The first kappa shape index (κ1) is 17.9. The summed E-state index contributed by atoms with van der Waals surface area (Å²) < 4.78 is 0. The molecule has 0 aromatic heterocycles. The van der Waals surface area contributed by atoms with Gasteiger partial charge < -0.3 is 11.1 Å². The first-order chi connectivity index (χ1) is 8.56. The zero-order valence-electron chi connectivity index (χ0n) is 12.0. The summed E-state index contributed by atoms with van der Waals surface area (Å²) >= 11 is 0. The van der Waals surface area contributed by atoms with E-state index in [-0.39, 0.29) is 24.4 Å². The van der Waals surface area contributed by atoms with E-state index in [0.717, 1.165) is 6.42 Å². The van der Waals surface area contributed by atoms with E-state index in [9.17, 15) is 4.79 Å². The number of benzene rings is 1. The second kappa shape index (κ2) is 8.94. The van der Waals surface area contributed by atoms with Gasteiger partial charge >= 0.3 is 0 Å². The van der Waals surface area contributed by atoms with Gasteiger partial charge in [0.15, 0.2) is 0 Å². The Balaban J connectivity index is 0.00000324. The van der Waals surface area contributed by atoms with Crippen LogP contribution in [0.5, 0.6) is 0 Å². The number of amides is 1. The lowest BCUT2D eigenvalue weighted by molar-refractivity contribution is -0.122. The zero-order chi connectivity index (χ0) is 13.5. The predicted molar refractivity (Wildman–Crippen MR) is 82.4 cm³/mol. The van der Waals surface area contributed by atoms with Gasteiger partial charge in [0.05, 0.1) is 6.04 Å². The Kier molecular flexibility index (Phi) is 8.44. The monoisotopic (exact) mass is 284 g/mol. The molecule has 0 fully saturated rings. The van der Waals surface area contributed by atoms with Crippen LogP contribution in [0.15, 0.2) is 24.3 Å². The van der Waals surface area contributed by atoms with Gasteiger partial charge in [0.2, 0.25) is 5.91 Å². The maximum absolute atomic E-state index is 11.8. The number of carbonyl (C=O) groups is 1. The molecule has 0 saturated heterocycles. The average Bonchev–Trinajstić information content (AvgIpc) is 2.34. The number of rotatable bonds is 6. The number of aryl methyl sites for hydroxylation is 1. The molecule has 0 bridgehead atoms. The van der Waals surface area contributed by atoms with Crippen molar-refractivity contribution in [2.75, 3.05) is 6.54 Å². The van der Waals surface area contributed by atoms with Crippen molar-refractivity contribution in [3.63, 3.8) is 0 Å². The molecule has 4 heteroatoms. The first-order valence-electron chi connectivity index (χ1n) is 6.61. The quantitative estimate of drug-likeness (QED) is 0.844. The molecule has 3 nitrogen and oxygen atoms in total. The Bertz CT molecular complexity index is 393. The molecule has 1 rings (SSSR count). The molecule has 0 aliphatic heterocycles. The Morgan fingerprint density at radius 1 is 1.32 bits per heavy atom. The predicted octanol–water partition coefficient (Wildman–Crippen LogP) is 2.97. The van der Waals surface area contributed by atoms with Gasteiger partial charge in [0.1, 0.15) is 0 Å². The highest BCUT2D eigenvalue weighted by Crippen LogP contribution is 2.24. The highest BCUT2D eigenvalue weighted by molar-refractivity contribution is 5.85. The molecule has 1 unspecified atom stereocenters. The molecule has 0 heterocycles. The second-order valence-corrected chi connectivity index (χ2v) is 5.04. The van der Waals surface area contributed by atoms with Crippen molar-refractivity contribution in [1.29, 1.82) is 0 Å². The molecule has 0 aliphatic carbocycles. The molecular weight excluding hydrogens is 260 g/mol. The lowest BCUT2D eigenvalue weighted by Gasteiger charge is -2.24. The highest BCUT2D eigenvalue weighted by atomic mass is 35.5. The van der Waals surface area contributed by atoms with Crippen molar-refractivity contribution in [2.45, 2.75) is 39.7 Å². The van der Waals surface area contributed by atoms with Gasteiger partial charge in [0.25, 0.3) is 0 Å². The van der Waals surface area contributed by atoms with Crippen LogP contribution in [0, 0.1) is 12.8 Å². The summed E-state index contributed by atoms with van der Waals surface area (Å²) in [5.74, 6) is 0.454. The van der Waals surface area contributed by atoms with Crippen molar-refractivity contribution in [3.8, 4) is 0 Å². The number of hydrogen-bond donors (Lipinski definition) is 2. The first-order valence-corrected chi connectivity index (χ1v) is 6.61. The molecule has 19 heavy (non-hydrogen) atoms. The van der Waals surface area contributed by atoms with Gasteiger partial charge in [-0.2, -0.15) is 0 Å². The summed E-state index contributed by atoms with van der Waals surface area (Å²) in [7, 11) is 0. The van der Waals surface area contributed by atoms with Crippen molar-refractivity contribution in [1.82, 2.24) is 5.32 Å². The smallest absolute Gasteiger partial charge is 0.220 e. The molecule has 108 valence electrons. The van der Waals surface area contributed by atoms with Crippen LogP contribution in [0.3, 0.4) is 0 Å². The van der Waals surface area contributed by atoms with Gasteiger partial charge in [-0.25, -0.2) is 0 Å². The molecule has 0 aliphatic rings. The van der Waals surface area contributed by atoms with Crippen LogP contribution in [-0.4, -0.2) is 12.5 Å². The Hall–Kier alpha value is -1.06. The average molecular weight is 285 g/mol. The lowest BCUT2D eigenvalue weighted by atomic mass is 9.92. The lowest BCUT2D eigenvalue weighted by Crippen LogP contribution is -2.32. The fourth-order valence-electron chi connectivity index (χ4n) is 2.05. The maximum Gasteiger partial charge on any atom is 0.220 e. The minimum absolute atomic E-state index is 0. The Labute approximate surface area is 122 Å². The third-order valence-electron chi connectivity index (χ3n) is 3.11. The van der Waals surface area contributed by atoms with Crippen LogP contribution in [0.4, 0.5) is 0 Å². The van der Waals surface area contributed by atoms with Gasteiger partial charge in [0, 0.05) is 6.42 Å². The van der Waals surface area contributed by atoms with Gasteiger partial charge in [-0.15, -0.1) is 12.4 Å². The second-order valence-electron chi connectivity index (χ2n) is 5.04. The van der Waals surface area contributed by atoms with Crippen molar-refractivity contribution in [2.24, 2.45) is 11.7 Å².